The zero-order valence-corrected chi connectivity index (χ0v) is 17.1. The SMILES string of the molecule is Cc1sc2ccc(Cl)cc2c1Cn1cc(CC(=O)O)c2ccc(Br)cc21. The number of aryl methyl sites for hydroxylation is 1. The molecule has 0 radical (unpaired) electrons. The first-order valence-corrected chi connectivity index (χ1v) is 10.1. The van der Waals surface area contributed by atoms with Crippen LogP contribution in [0.4, 0.5) is 0 Å². The number of hydrogen-bond donors (Lipinski definition) is 1. The van der Waals surface area contributed by atoms with Crippen molar-refractivity contribution >= 4 is 65.8 Å². The Kier molecular flexibility index (Phi) is 4.55. The molecule has 132 valence electrons. The summed E-state index contributed by atoms with van der Waals surface area (Å²) in [6.07, 6.45) is 1.97. The summed E-state index contributed by atoms with van der Waals surface area (Å²) in [7, 11) is 0. The summed E-state index contributed by atoms with van der Waals surface area (Å²) in [5.74, 6) is -0.823. The van der Waals surface area contributed by atoms with E-state index in [1.807, 2.05) is 36.5 Å². The second kappa shape index (κ2) is 6.72. The summed E-state index contributed by atoms with van der Waals surface area (Å²) in [6.45, 7) is 2.80. The molecule has 0 aliphatic rings. The van der Waals surface area contributed by atoms with Crippen molar-refractivity contribution < 1.29 is 9.90 Å². The summed E-state index contributed by atoms with van der Waals surface area (Å²) < 4.78 is 4.32. The molecule has 4 aromatic rings. The third-order valence-electron chi connectivity index (χ3n) is 4.55. The number of benzene rings is 2. The lowest BCUT2D eigenvalue weighted by Gasteiger charge is -2.07. The molecule has 2 aromatic heterocycles. The van der Waals surface area contributed by atoms with Crippen molar-refractivity contribution in [3.8, 4) is 0 Å². The minimum atomic E-state index is -0.823. The van der Waals surface area contributed by atoms with E-state index in [0.717, 1.165) is 31.3 Å². The predicted molar refractivity (Wildman–Crippen MR) is 112 cm³/mol. The van der Waals surface area contributed by atoms with E-state index in [2.05, 4.69) is 33.5 Å². The molecular formula is C20H15BrClNO2S. The van der Waals surface area contributed by atoms with Gasteiger partial charge in [0.15, 0.2) is 0 Å². The molecule has 6 heteroatoms. The zero-order valence-electron chi connectivity index (χ0n) is 13.9. The number of fused-ring (bicyclic) bond motifs is 2. The lowest BCUT2D eigenvalue weighted by atomic mass is 10.1. The van der Waals surface area contributed by atoms with E-state index < -0.39 is 5.97 Å². The van der Waals surface area contributed by atoms with Gasteiger partial charge in [-0.25, -0.2) is 0 Å². The van der Waals surface area contributed by atoms with Crippen molar-refractivity contribution in [2.45, 2.75) is 19.9 Å². The molecule has 0 saturated carbocycles. The summed E-state index contributed by atoms with van der Waals surface area (Å²) in [4.78, 5) is 12.5. The molecule has 3 nitrogen and oxygen atoms in total. The Morgan fingerprint density at radius 3 is 2.81 bits per heavy atom. The van der Waals surface area contributed by atoms with Crippen molar-refractivity contribution in [2.24, 2.45) is 0 Å². The van der Waals surface area contributed by atoms with Crippen LogP contribution in [-0.4, -0.2) is 15.6 Å². The topological polar surface area (TPSA) is 42.2 Å². The van der Waals surface area contributed by atoms with Gasteiger partial charge in [0.25, 0.3) is 0 Å². The van der Waals surface area contributed by atoms with Crippen LogP contribution in [0.25, 0.3) is 21.0 Å². The summed E-state index contributed by atoms with van der Waals surface area (Å²) in [5.41, 5.74) is 3.08. The summed E-state index contributed by atoms with van der Waals surface area (Å²) in [6, 6.07) is 11.9. The van der Waals surface area contributed by atoms with E-state index in [4.69, 9.17) is 11.6 Å². The third-order valence-corrected chi connectivity index (χ3v) is 6.41. The molecule has 1 N–H and O–H groups in total. The number of aliphatic carboxylic acids is 1. The van der Waals surface area contributed by atoms with Crippen LogP contribution in [0.2, 0.25) is 5.02 Å². The number of carbonyl (C=O) groups is 1. The molecular weight excluding hydrogens is 434 g/mol. The number of carboxylic acids is 1. The maximum absolute atomic E-state index is 11.2. The van der Waals surface area contributed by atoms with E-state index in [0.29, 0.717) is 6.54 Å². The molecule has 0 unspecified atom stereocenters. The first kappa shape index (κ1) is 17.6. The molecule has 0 aliphatic carbocycles. The van der Waals surface area contributed by atoms with Gasteiger partial charge < -0.3 is 9.67 Å². The predicted octanol–water partition coefficient (Wildman–Crippen LogP) is 6.26. The molecule has 0 fully saturated rings. The maximum atomic E-state index is 11.2. The fourth-order valence-corrected chi connectivity index (χ4v) is 4.96. The zero-order chi connectivity index (χ0) is 18.4. The van der Waals surface area contributed by atoms with Gasteiger partial charge in [0.1, 0.15) is 0 Å². The second-order valence-electron chi connectivity index (χ2n) is 6.29. The van der Waals surface area contributed by atoms with Gasteiger partial charge in [-0.1, -0.05) is 33.6 Å². The highest BCUT2D eigenvalue weighted by Gasteiger charge is 2.15. The van der Waals surface area contributed by atoms with Gasteiger partial charge in [0.2, 0.25) is 0 Å². The van der Waals surface area contributed by atoms with Gasteiger partial charge >= 0.3 is 5.97 Å². The van der Waals surface area contributed by atoms with Crippen LogP contribution in [-0.2, 0) is 17.8 Å². The Morgan fingerprint density at radius 2 is 2.04 bits per heavy atom. The lowest BCUT2D eigenvalue weighted by molar-refractivity contribution is -0.136. The minimum absolute atomic E-state index is 0.0142. The number of nitrogens with zero attached hydrogens (tertiary/aromatic N) is 1. The van der Waals surface area contributed by atoms with Crippen molar-refractivity contribution in [1.82, 2.24) is 4.57 Å². The fraction of sp³-hybridized carbons (Fsp3) is 0.150. The number of hydrogen-bond acceptors (Lipinski definition) is 2. The monoisotopic (exact) mass is 447 g/mol. The van der Waals surface area contributed by atoms with Gasteiger partial charge in [-0.05, 0) is 53.8 Å². The number of carboxylic acid groups (broad SMARTS) is 1. The molecule has 0 spiro atoms. The van der Waals surface area contributed by atoms with E-state index in [1.54, 1.807) is 11.3 Å². The normalized spacial score (nSPS) is 11.5. The van der Waals surface area contributed by atoms with E-state index >= 15 is 0 Å². The highest BCUT2D eigenvalue weighted by atomic mass is 79.9. The average Bonchev–Trinajstić information content (AvgIpc) is 3.05. The molecule has 0 bridgehead atoms. The highest BCUT2D eigenvalue weighted by molar-refractivity contribution is 9.10. The third kappa shape index (κ3) is 3.15. The molecule has 4 rings (SSSR count). The quantitative estimate of drug-likeness (QED) is 0.400. The van der Waals surface area contributed by atoms with Crippen molar-refractivity contribution in [3.05, 3.63) is 68.1 Å². The number of thiophene rings is 1. The van der Waals surface area contributed by atoms with Crippen LogP contribution < -0.4 is 0 Å². The smallest absolute Gasteiger partial charge is 0.307 e. The Labute approximate surface area is 167 Å². The lowest BCUT2D eigenvalue weighted by Crippen LogP contribution is -2.00. The van der Waals surface area contributed by atoms with Gasteiger partial charge in [0.05, 0.1) is 6.42 Å². The fourth-order valence-electron chi connectivity index (χ4n) is 3.39. The van der Waals surface area contributed by atoms with Crippen molar-refractivity contribution in [3.63, 3.8) is 0 Å². The molecule has 0 atom stereocenters. The largest absolute Gasteiger partial charge is 0.481 e. The van der Waals surface area contributed by atoms with Crippen LogP contribution >= 0.6 is 38.9 Å². The number of halogens is 2. The van der Waals surface area contributed by atoms with Gasteiger partial charge in [-0.15, -0.1) is 11.3 Å². The summed E-state index contributed by atoms with van der Waals surface area (Å²) in [5, 5.41) is 12.1. The molecule has 2 heterocycles. The molecule has 0 amide bonds. The van der Waals surface area contributed by atoms with Crippen LogP contribution in [0.5, 0.6) is 0 Å². The average molecular weight is 449 g/mol. The van der Waals surface area contributed by atoms with Crippen LogP contribution in [0.1, 0.15) is 16.0 Å². The van der Waals surface area contributed by atoms with Crippen LogP contribution in [0.3, 0.4) is 0 Å². The number of aromatic nitrogens is 1. The van der Waals surface area contributed by atoms with Crippen LogP contribution in [0, 0.1) is 6.92 Å². The Balaban J connectivity index is 1.87. The molecule has 2 aromatic carbocycles. The Morgan fingerprint density at radius 1 is 1.23 bits per heavy atom. The van der Waals surface area contributed by atoms with Gasteiger partial charge in [0, 0.05) is 42.7 Å². The number of rotatable bonds is 4. The Hall–Kier alpha value is -1.82. The first-order valence-electron chi connectivity index (χ1n) is 8.09. The first-order chi connectivity index (χ1) is 12.4. The van der Waals surface area contributed by atoms with Gasteiger partial charge in [-0.2, -0.15) is 0 Å². The molecule has 0 saturated heterocycles. The maximum Gasteiger partial charge on any atom is 0.307 e. The van der Waals surface area contributed by atoms with Crippen molar-refractivity contribution in [1.29, 1.82) is 0 Å². The van der Waals surface area contributed by atoms with Gasteiger partial charge in [-0.3, -0.25) is 4.79 Å². The second-order valence-corrected chi connectivity index (χ2v) is 8.90. The van der Waals surface area contributed by atoms with E-state index in [9.17, 15) is 9.90 Å². The Bertz CT molecular complexity index is 1160. The minimum Gasteiger partial charge on any atom is -0.481 e. The van der Waals surface area contributed by atoms with E-state index in [1.165, 1.54) is 15.1 Å². The van der Waals surface area contributed by atoms with Crippen molar-refractivity contribution in [2.75, 3.05) is 0 Å². The van der Waals surface area contributed by atoms with Crippen LogP contribution in [0.15, 0.2) is 47.1 Å². The van der Waals surface area contributed by atoms with E-state index in [-0.39, 0.29) is 6.42 Å². The highest BCUT2D eigenvalue weighted by Crippen LogP contribution is 2.34. The standard InChI is InChI=1S/C20H15BrClNO2S/c1-11-17(16-8-14(22)3-5-19(16)26-11)10-23-9-12(6-20(24)25)15-4-2-13(21)7-18(15)23/h2-5,7-9H,6,10H2,1H3,(H,24,25). The molecule has 0 aliphatic heterocycles. The summed E-state index contributed by atoms with van der Waals surface area (Å²) >= 11 is 11.5. The molecule has 26 heavy (non-hydrogen) atoms.